The number of halogens is 4. The molecule has 0 atom stereocenters. The van der Waals surface area contributed by atoms with E-state index in [0.717, 1.165) is 10.2 Å². The van der Waals surface area contributed by atoms with Crippen LogP contribution in [0.25, 0.3) is 0 Å². The van der Waals surface area contributed by atoms with Gasteiger partial charge >= 0.3 is 6.18 Å². The van der Waals surface area contributed by atoms with Gasteiger partial charge in [-0.2, -0.15) is 18.3 Å². The molecule has 0 spiro atoms. The molecule has 0 aliphatic carbocycles. The van der Waals surface area contributed by atoms with Crippen molar-refractivity contribution >= 4 is 15.9 Å². The van der Waals surface area contributed by atoms with E-state index in [9.17, 15) is 13.2 Å². The maximum Gasteiger partial charge on any atom is 0.401 e. The number of aryl methyl sites for hydroxylation is 2. The highest BCUT2D eigenvalue weighted by atomic mass is 79.9. The van der Waals surface area contributed by atoms with Gasteiger partial charge in [0.15, 0.2) is 0 Å². The molecule has 0 saturated heterocycles. The molecule has 1 aromatic heterocycles. The standard InChI is InChI=1S/C8H11BrF3N3/c1-5-7(9)6(15(2)14-5)3-13-4-8(10,11)12/h13H,3-4H2,1-2H3. The van der Waals surface area contributed by atoms with E-state index in [4.69, 9.17) is 0 Å². The molecule has 7 heteroatoms. The van der Waals surface area contributed by atoms with E-state index in [1.807, 2.05) is 0 Å². The number of alkyl halides is 3. The van der Waals surface area contributed by atoms with Crippen molar-refractivity contribution in [2.45, 2.75) is 19.6 Å². The lowest BCUT2D eigenvalue weighted by Gasteiger charge is -2.08. The minimum absolute atomic E-state index is 0.136. The van der Waals surface area contributed by atoms with E-state index in [2.05, 4.69) is 26.3 Å². The van der Waals surface area contributed by atoms with E-state index in [1.165, 1.54) is 0 Å². The molecule has 1 N–H and O–H groups in total. The second-order valence-corrected chi connectivity index (χ2v) is 3.98. The maximum atomic E-state index is 11.9. The Hall–Kier alpha value is -0.560. The van der Waals surface area contributed by atoms with Crippen LogP contribution in [0, 0.1) is 6.92 Å². The van der Waals surface area contributed by atoms with Crippen molar-refractivity contribution in [3.8, 4) is 0 Å². The molecule has 0 aliphatic heterocycles. The Morgan fingerprint density at radius 1 is 1.47 bits per heavy atom. The fourth-order valence-electron chi connectivity index (χ4n) is 1.19. The van der Waals surface area contributed by atoms with Gasteiger partial charge in [-0.15, -0.1) is 0 Å². The lowest BCUT2D eigenvalue weighted by atomic mass is 10.3. The summed E-state index contributed by atoms with van der Waals surface area (Å²) in [6, 6.07) is 0. The highest BCUT2D eigenvalue weighted by Gasteiger charge is 2.26. The van der Waals surface area contributed by atoms with Crippen LogP contribution in [0.15, 0.2) is 4.47 Å². The molecule has 0 bridgehead atoms. The van der Waals surface area contributed by atoms with Gasteiger partial charge in [-0.25, -0.2) is 0 Å². The summed E-state index contributed by atoms with van der Waals surface area (Å²) in [5, 5.41) is 6.40. The molecule has 3 nitrogen and oxygen atoms in total. The molecular weight excluding hydrogens is 275 g/mol. The van der Waals surface area contributed by atoms with Gasteiger partial charge in [-0.05, 0) is 22.9 Å². The van der Waals surface area contributed by atoms with Crippen LogP contribution in [0.5, 0.6) is 0 Å². The first kappa shape index (κ1) is 12.5. The second-order valence-electron chi connectivity index (χ2n) is 3.19. The van der Waals surface area contributed by atoms with Crippen LogP contribution in [0.4, 0.5) is 13.2 Å². The molecule has 0 aromatic carbocycles. The summed E-state index contributed by atoms with van der Waals surface area (Å²) in [6.07, 6.45) is -4.18. The summed E-state index contributed by atoms with van der Waals surface area (Å²) in [5.41, 5.74) is 1.47. The Bertz CT molecular complexity index is 346. The molecule has 0 saturated carbocycles. The molecule has 1 aromatic rings. The minimum Gasteiger partial charge on any atom is -0.303 e. The molecule has 1 heterocycles. The van der Waals surface area contributed by atoms with Gasteiger partial charge in [0.25, 0.3) is 0 Å². The van der Waals surface area contributed by atoms with Crippen LogP contribution in [-0.2, 0) is 13.6 Å². The van der Waals surface area contributed by atoms with Crippen molar-refractivity contribution in [3.05, 3.63) is 15.9 Å². The number of hydrogen-bond acceptors (Lipinski definition) is 2. The molecule has 86 valence electrons. The van der Waals surface area contributed by atoms with E-state index >= 15 is 0 Å². The third kappa shape index (κ3) is 3.49. The summed E-state index contributed by atoms with van der Waals surface area (Å²) >= 11 is 3.28. The van der Waals surface area contributed by atoms with Crippen LogP contribution in [0.3, 0.4) is 0 Å². The first-order valence-corrected chi connectivity index (χ1v) is 5.06. The SMILES string of the molecule is Cc1nn(C)c(CNCC(F)(F)F)c1Br. The Morgan fingerprint density at radius 3 is 2.47 bits per heavy atom. The quantitative estimate of drug-likeness (QED) is 0.922. The third-order valence-electron chi connectivity index (χ3n) is 1.88. The van der Waals surface area contributed by atoms with Crippen LogP contribution < -0.4 is 5.32 Å². The molecule has 0 unspecified atom stereocenters. The van der Waals surface area contributed by atoms with Gasteiger partial charge in [0, 0.05) is 13.6 Å². The van der Waals surface area contributed by atoms with E-state index < -0.39 is 12.7 Å². The molecule has 0 aliphatic rings. The van der Waals surface area contributed by atoms with Crippen LogP contribution in [0.2, 0.25) is 0 Å². The highest BCUT2D eigenvalue weighted by molar-refractivity contribution is 9.10. The second kappa shape index (κ2) is 4.52. The smallest absolute Gasteiger partial charge is 0.303 e. The summed E-state index contributed by atoms with van der Waals surface area (Å²) in [7, 11) is 1.70. The van der Waals surface area contributed by atoms with E-state index in [1.54, 1.807) is 18.7 Å². The largest absolute Gasteiger partial charge is 0.401 e. The van der Waals surface area contributed by atoms with Crippen molar-refractivity contribution < 1.29 is 13.2 Å². The van der Waals surface area contributed by atoms with Gasteiger partial charge in [-0.1, -0.05) is 0 Å². The Morgan fingerprint density at radius 2 is 2.07 bits per heavy atom. The van der Waals surface area contributed by atoms with Crippen molar-refractivity contribution in [2.24, 2.45) is 7.05 Å². The highest BCUT2D eigenvalue weighted by Crippen LogP contribution is 2.20. The number of nitrogens with one attached hydrogen (secondary N) is 1. The summed E-state index contributed by atoms with van der Waals surface area (Å²) in [5.74, 6) is 0. The maximum absolute atomic E-state index is 11.9. The Labute approximate surface area is 93.8 Å². The van der Waals surface area contributed by atoms with Gasteiger partial charge < -0.3 is 5.32 Å². The van der Waals surface area contributed by atoms with Crippen LogP contribution in [-0.4, -0.2) is 22.5 Å². The molecule has 0 amide bonds. The summed E-state index contributed by atoms with van der Waals surface area (Å²) in [6.45, 7) is 0.929. The average molecular weight is 286 g/mol. The molecule has 0 radical (unpaired) electrons. The lowest BCUT2D eigenvalue weighted by molar-refractivity contribution is -0.125. The van der Waals surface area contributed by atoms with Gasteiger partial charge in [-0.3, -0.25) is 4.68 Å². The van der Waals surface area contributed by atoms with Crippen LogP contribution in [0.1, 0.15) is 11.4 Å². The first-order chi connectivity index (χ1) is 6.81. The Kier molecular flexibility index (Phi) is 3.77. The fraction of sp³-hybridized carbons (Fsp3) is 0.625. The third-order valence-corrected chi connectivity index (χ3v) is 2.91. The van der Waals surface area contributed by atoms with Gasteiger partial charge in [0.2, 0.25) is 0 Å². The van der Waals surface area contributed by atoms with Crippen molar-refractivity contribution in [2.75, 3.05) is 6.54 Å². The monoisotopic (exact) mass is 285 g/mol. The molecular formula is C8H11BrF3N3. The minimum atomic E-state index is -4.18. The summed E-state index contributed by atoms with van der Waals surface area (Å²) < 4.78 is 37.9. The predicted octanol–water partition coefficient (Wildman–Crippen LogP) is 2.14. The van der Waals surface area contributed by atoms with E-state index in [-0.39, 0.29) is 6.54 Å². The molecule has 1 rings (SSSR count). The van der Waals surface area contributed by atoms with Gasteiger partial charge in [0.1, 0.15) is 0 Å². The number of rotatable bonds is 3. The fourth-order valence-corrected chi connectivity index (χ4v) is 1.67. The number of aromatic nitrogens is 2. The lowest BCUT2D eigenvalue weighted by Crippen LogP contribution is -2.29. The summed E-state index contributed by atoms with van der Waals surface area (Å²) in [4.78, 5) is 0. The first-order valence-electron chi connectivity index (χ1n) is 4.26. The topological polar surface area (TPSA) is 29.9 Å². The molecule has 15 heavy (non-hydrogen) atoms. The zero-order chi connectivity index (χ0) is 11.6. The molecule has 0 fully saturated rings. The van der Waals surface area contributed by atoms with Crippen molar-refractivity contribution in [3.63, 3.8) is 0 Å². The number of hydrogen-bond donors (Lipinski definition) is 1. The zero-order valence-corrected chi connectivity index (χ0v) is 9.91. The van der Waals surface area contributed by atoms with Crippen molar-refractivity contribution in [1.82, 2.24) is 15.1 Å². The Balaban J connectivity index is 2.58. The van der Waals surface area contributed by atoms with Crippen LogP contribution >= 0.6 is 15.9 Å². The van der Waals surface area contributed by atoms with Crippen molar-refractivity contribution in [1.29, 1.82) is 0 Å². The normalized spacial score (nSPS) is 12.1. The van der Waals surface area contributed by atoms with Gasteiger partial charge in [0.05, 0.1) is 22.4 Å². The average Bonchev–Trinajstić information content (AvgIpc) is 2.29. The predicted molar refractivity (Wildman–Crippen MR) is 53.4 cm³/mol. The van der Waals surface area contributed by atoms with E-state index in [0.29, 0.717) is 5.69 Å². The zero-order valence-electron chi connectivity index (χ0n) is 8.32. The number of nitrogens with zero attached hydrogens (tertiary/aromatic N) is 2.